The zero-order chi connectivity index (χ0) is 10.6. The van der Waals surface area contributed by atoms with Gasteiger partial charge in [-0.3, -0.25) is 14.9 Å². The first-order valence-electron chi connectivity index (χ1n) is 3.99. The van der Waals surface area contributed by atoms with Crippen LogP contribution in [-0.4, -0.2) is 23.2 Å². The van der Waals surface area contributed by atoms with Gasteiger partial charge in [0.15, 0.2) is 0 Å². The monoisotopic (exact) mass is 198 g/mol. The van der Waals surface area contributed by atoms with E-state index in [0.29, 0.717) is 13.2 Å². The second kappa shape index (κ2) is 4.52. The fraction of sp³-hybridized carbons (Fsp3) is 0.375. The Morgan fingerprint density at radius 2 is 2.36 bits per heavy atom. The van der Waals surface area contributed by atoms with Crippen molar-refractivity contribution in [1.82, 2.24) is 4.57 Å². The van der Waals surface area contributed by atoms with Crippen LogP contribution in [0.2, 0.25) is 0 Å². The van der Waals surface area contributed by atoms with Gasteiger partial charge in [0, 0.05) is 25.9 Å². The smallest absolute Gasteiger partial charge is 0.334 e. The molecule has 0 unspecified atom stereocenters. The van der Waals surface area contributed by atoms with Crippen LogP contribution in [0.3, 0.4) is 0 Å². The Labute approximate surface area is 79.9 Å². The molecule has 0 aromatic carbocycles. The lowest BCUT2D eigenvalue weighted by molar-refractivity contribution is -0.386. The minimum absolute atomic E-state index is 0.316. The minimum Gasteiger partial charge on any atom is -0.383 e. The Kier molecular flexibility index (Phi) is 3.35. The Balaban J connectivity index is 3.02. The van der Waals surface area contributed by atoms with Gasteiger partial charge in [-0.25, -0.2) is 0 Å². The summed E-state index contributed by atoms with van der Waals surface area (Å²) in [7, 11) is 1.50. The number of nitro groups is 1. The van der Waals surface area contributed by atoms with Crippen molar-refractivity contribution in [2.45, 2.75) is 6.54 Å². The van der Waals surface area contributed by atoms with Crippen LogP contribution in [0, 0.1) is 10.1 Å². The molecule has 0 aliphatic heterocycles. The van der Waals surface area contributed by atoms with E-state index in [1.165, 1.54) is 30.0 Å². The summed E-state index contributed by atoms with van der Waals surface area (Å²) in [4.78, 5) is 21.1. The molecule has 0 spiro atoms. The van der Waals surface area contributed by atoms with Gasteiger partial charge >= 0.3 is 11.2 Å². The topological polar surface area (TPSA) is 74.4 Å². The van der Waals surface area contributed by atoms with Crippen molar-refractivity contribution in [2.24, 2.45) is 0 Å². The molecule has 0 bridgehead atoms. The Morgan fingerprint density at radius 3 is 2.93 bits per heavy atom. The highest BCUT2D eigenvalue weighted by Gasteiger charge is 2.12. The van der Waals surface area contributed by atoms with Crippen LogP contribution >= 0.6 is 0 Å². The molecule has 1 heterocycles. The SMILES string of the molecule is COCCn1cccc([N+](=O)[O-])c1=O. The standard InChI is InChI=1S/C8H10N2O4/c1-14-6-5-9-4-2-3-7(8(9)11)10(12)13/h2-4H,5-6H2,1H3. The highest BCUT2D eigenvalue weighted by molar-refractivity contribution is 5.24. The summed E-state index contributed by atoms with van der Waals surface area (Å²) >= 11 is 0. The predicted octanol–water partition coefficient (Wildman–Crippen LogP) is 0.403. The van der Waals surface area contributed by atoms with Crippen molar-refractivity contribution in [2.75, 3.05) is 13.7 Å². The third-order valence-corrected chi connectivity index (χ3v) is 1.73. The van der Waals surface area contributed by atoms with E-state index >= 15 is 0 Å². The summed E-state index contributed by atoms with van der Waals surface area (Å²) in [5.74, 6) is 0. The summed E-state index contributed by atoms with van der Waals surface area (Å²) in [6.45, 7) is 0.665. The van der Waals surface area contributed by atoms with Gasteiger partial charge < -0.3 is 9.30 Å². The zero-order valence-electron chi connectivity index (χ0n) is 7.67. The molecule has 1 aromatic rings. The van der Waals surface area contributed by atoms with Crippen LogP contribution in [0.25, 0.3) is 0 Å². The molecule has 0 saturated carbocycles. The van der Waals surface area contributed by atoms with Gasteiger partial charge in [-0.05, 0) is 6.07 Å². The van der Waals surface area contributed by atoms with Crippen LogP contribution in [-0.2, 0) is 11.3 Å². The fourth-order valence-corrected chi connectivity index (χ4v) is 1.03. The maximum Gasteiger partial charge on any atom is 0.334 e. The summed E-state index contributed by atoms with van der Waals surface area (Å²) < 4.78 is 6.02. The molecule has 76 valence electrons. The molecule has 0 atom stereocenters. The first-order chi connectivity index (χ1) is 6.66. The molecule has 1 rings (SSSR count). The normalized spacial score (nSPS) is 10.1. The third-order valence-electron chi connectivity index (χ3n) is 1.73. The van der Waals surface area contributed by atoms with Crippen molar-refractivity contribution >= 4 is 5.69 Å². The minimum atomic E-state index is -0.689. The van der Waals surface area contributed by atoms with Crippen LogP contribution in [0.5, 0.6) is 0 Å². The third kappa shape index (κ3) is 2.17. The van der Waals surface area contributed by atoms with Crippen molar-refractivity contribution in [3.63, 3.8) is 0 Å². The number of methoxy groups -OCH3 is 1. The Morgan fingerprint density at radius 1 is 1.64 bits per heavy atom. The summed E-state index contributed by atoms with van der Waals surface area (Å²) in [5, 5.41) is 10.4. The van der Waals surface area contributed by atoms with Gasteiger partial charge in [0.1, 0.15) is 0 Å². The highest BCUT2D eigenvalue weighted by Crippen LogP contribution is 2.01. The van der Waals surface area contributed by atoms with E-state index in [2.05, 4.69) is 0 Å². The van der Waals surface area contributed by atoms with Gasteiger partial charge in [0.25, 0.3) is 0 Å². The van der Waals surface area contributed by atoms with Gasteiger partial charge in [-0.1, -0.05) is 0 Å². The Hall–Kier alpha value is -1.69. The number of hydrogen-bond acceptors (Lipinski definition) is 4. The molecule has 0 N–H and O–H groups in total. The summed E-state index contributed by atoms with van der Waals surface area (Å²) in [5.41, 5.74) is -1.02. The van der Waals surface area contributed by atoms with E-state index < -0.39 is 16.2 Å². The van der Waals surface area contributed by atoms with Crippen LogP contribution < -0.4 is 5.56 Å². The van der Waals surface area contributed by atoms with Gasteiger partial charge in [0.05, 0.1) is 11.5 Å². The molecule has 0 aliphatic carbocycles. The quantitative estimate of drug-likeness (QED) is 0.518. The second-order valence-corrected chi connectivity index (χ2v) is 2.64. The number of hydrogen-bond donors (Lipinski definition) is 0. The lowest BCUT2D eigenvalue weighted by Gasteiger charge is -2.02. The van der Waals surface area contributed by atoms with E-state index in [1.54, 1.807) is 0 Å². The Bertz CT molecular complexity index is 385. The first kappa shape index (κ1) is 10.4. The molecule has 0 fully saturated rings. The van der Waals surface area contributed by atoms with Crippen molar-refractivity contribution in [1.29, 1.82) is 0 Å². The van der Waals surface area contributed by atoms with Crippen LogP contribution in [0.4, 0.5) is 5.69 Å². The molecular weight excluding hydrogens is 188 g/mol. The molecule has 0 saturated heterocycles. The van der Waals surface area contributed by atoms with E-state index in [4.69, 9.17) is 4.74 Å². The average Bonchev–Trinajstić information content (AvgIpc) is 2.16. The lowest BCUT2D eigenvalue weighted by atomic mass is 10.4. The van der Waals surface area contributed by atoms with E-state index in [-0.39, 0.29) is 0 Å². The number of ether oxygens (including phenoxy) is 1. The van der Waals surface area contributed by atoms with Gasteiger partial charge in [-0.15, -0.1) is 0 Å². The lowest BCUT2D eigenvalue weighted by Crippen LogP contribution is -2.23. The van der Waals surface area contributed by atoms with Crippen molar-refractivity contribution < 1.29 is 9.66 Å². The number of nitrogens with zero attached hydrogens (tertiary/aromatic N) is 2. The zero-order valence-corrected chi connectivity index (χ0v) is 7.67. The predicted molar refractivity (Wildman–Crippen MR) is 49.2 cm³/mol. The first-order valence-corrected chi connectivity index (χ1v) is 3.99. The average molecular weight is 198 g/mol. The molecule has 6 nitrogen and oxygen atoms in total. The second-order valence-electron chi connectivity index (χ2n) is 2.64. The molecule has 14 heavy (non-hydrogen) atoms. The summed E-state index contributed by atoms with van der Waals surface area (Å²) in [6.07, 6.45) is 1.49. The molecule has 0 radical (unpaired) electrons. The number of rotatable bonds is 4. The highest BCUT2D eigenvalue weighted by atomic mass is 16.6. The van der Waals surface area contributed by atoms with E-state index in [0.717, 1.165) is 0 Å². The fourth-order valence-electron chi connectivity index (χ4n) is 1.03. The largest absolute Gasteiger partial charge is 0.383 e. The molecule has 6 heteroatoms. The molecule has 1 aromatic heterocycles. The van der Waals surface area contributed by atoms with Crippen molar-refractivity contribution in [3.05, 3.63) is 38.8 Å². The molecular formula is C8H10N2O4. The number of aromatic nitrogens is 1. The summed E-state index contributed by atoms with van der Waals surface area (Å²) in [6, 6.07) is 2.65. The van der Waals surface area contributed by atoms with Crippen LogP contribution in [0.15, 0.2) is 23.1 Å². The maximum atomic E-state index is 11.4. The van der Waals surface area contributed by atoms with Crippen LogP contribution in [0.1, 0.15) is 0 Å². The molecule has 0 aliphatic rings. The van der Waals surface area contributed by atoms with E-state index in [9.17, 15) is 14.9 Å². The van der Waals surface area contributed by atoms with Crippen molar-refractivity contribution in [3.8, 4) is 0 Å². The van der Waals surface area contributed by atoms with Gasteiger partial charge in [0.2, 0.25) is 0 Å². The van der Waals surface area contributed by atoms with Gasteiger partial charge in [-0.2, -0.15) is 0 Å². The van der Waals surface area contributed by atoms with E-state index in [1.807, 2.05) is 0 Å². The maximum absolute atomic E-state index is 11.4. The number of pyridine rings is 1. The molecule has 0 amide bonds.